The van der Waals surface area contributed by atoms with Gasteiger partial charge in [-0.05, 0) is 19.4 Å². The minimum atomic E-state index is 0.592. The lowest BCUT2D eigenvalue weighted by Gasteiger charge is -2.47. The third-order valence-electron chi connectivity index (χ3n) is 2.84. The summed E-state index contributed by atoms with van der Waals surface area (Å²) in [6.07, 6.45) is 2.59. The summed E-state index contributed by atoms with van der Waals surface area (Å²) < 4.78 is 5.40. The minimum absolute atomic E-state index is 0.592. The number of nitrogens with zero attached hydrogens (tertiary/aromatic N) is 1. The number of hydrogen-bond acceptors (Lipinski definition) is 2. The van der Waals surface area contributed by atoms with Gasteiger partial charge in [0.2, 0.25) is 0 Å². The Kier molecular flexibility index (Phi) is 1.90. The fourth-order valence-corrected chi connectivity index (χ4v) is 2.28. The molecule has 0 amide bonds. The molecule has 0 bridgehead atoms. The number of hydrogen-bond donors (Lipinski definition) is 0. The van der Waals surface area contributed by atoms with E-state index in [-0.39, 0.29) is 0 Å². The molecule has 0 radical (unpaired) electrons. The summed E-state index contributed by atoms with van der Waals surface area (Å²) in [5.41, 5.74) is 0.592. The highest BCUT2D eigenvalue weighted by molar-refractivity contribution is 4.96. The zero-order valence-electron chi connectivity index (χ0n) is 7.31. The van der Waals surface area contributed by atoms with Gasteiger partial charge in [-0.3, -0.25) is 0 Å². The van der Waals surface area contributed by atoms with Crippen molar-refractivity contribution in [1.29, 1.82) is 0 Å². The molecule has 2 saturated heterocycles. The molecule has 2 aliphatic rings. The van der Waals surface area contributed by atoms with E-state index in [1.54, 1.807) is 0 Å². The van der Waals surface area contributed by atoms with E-state index >= 15 is 0 Å². The standard InChI is InChI=1S/C9H17NO/c1-2-4-10-6-9(7-10)3-5-11-8-9/h2-8H2,1H3. The largest absolute Gasteiger partial charge is 0.381 e. The maximum Gasteiger partial charge on any atom is 0.0547 e. The molecule has 1 spiro atoms. The second kappa shape index (κ2) is 2.76. The average molecular weight is 155 g/mol. The molecule has 0 aromatic carbocycles. The van der Waals surface area contributed by atoms with Crippen LogP contribution in [0.2, 0.25) is 0 Å². The Labute approximate surface area is 68.5 Å². The maximum atomic E-state index is 5.40. The molecule has 2 heteroatoms. The van der Waals surface area contributed by atoms with Crippen LogP contribution in [0, 0.1) is 5.41 Å². The Bertz CT molecular complexity index is 132. The first-order chi connectivity index (χ1) is 5.35. The summed E-state index contributed by atoms with van der Waals surface area (Å²) in [6.45, 7) is 8.13. The van der Waals surface area contributed by atoms with Crippen LogP contribution in [0.25, 0.3) is 0 Å². The van der Waals surface area contributed by atoms with Crippen LogP contribution in [0.15, 0.2) is 0 Å². The summed E-state index contributed by atoms with van der Waals surface area (Å²) in [6, 6.07) is 0. The Morgan fingerprint density at radius 3 is 2.82 bits per heavy atom. The predicted molar refractivity (Wildman–Crippen MR) is 44.6 cm³/mol. The highest BCUT2D eigenvalue weighted by Gasteiger charge is 2.44. The van der Waals surface area contributed by atoms with Crippen molar-refractivity contribution in [2.45, 2.75) is 19.8 Å². The van der Waals surface area contributed by atoms with Gasteiger partial charge in [-0.1, -0.05) is 6.92 Å². The van der Waals surface area contributed by atoms with Crippen LogP contribution in [-0.4, -0.2) is 37.7 Å². The normalized spacial score (nSPS) is 29.2. The molecule has 0 aromatic rings. The zero-order valence-corrected chi connectivity index (χ0v) is 7.31. The SMILES string of the molecule is CCCN1CC2(CCOC2)C1. The quantitative estimate of drug-likeness (QED) is 0.592. The van der Waals surface area contributed by atoms with Crippen molar-refractivity contribution in [2.75, 3.05) is 32.8 Å². The van der Waals surface area contributed by atoms with E-state index in [4.69, 9.17) is 4.74 Å². The molecule has 0 aliphatic carbocycles. The Morgan fingerprint density at radius 2 is 2.27 bits per heavy atom. The Morgan fingerprint density at radius 1 is 1.45 bits per heavy atom. The molecular weight excluding hydrogens is 138 g/mol. The fraction of sp³-hybridized carbons (Fsp3) is 1.00. The molecule has 0 aromatic heterocycles. The lowest BCUT2D eigenvalue weighted by Crippen LogP contribution is -2.56. The molecule has 0 saturated carbocycles. The van der Waals surface area contributed by atoms with Crippen LogP contribution in [0.4, 0.5) is 0 Å². The van der Waals surface area contributed by atoms with Crippen molar-refractivity contribution in [3.05, 3.63) is 0 Å². The van der Waals surface area contributed by atoms with Crippen molar-refractivity contribution in [3.8, 4) is 0 Å². The number of likely N-dealkylation sites (tertiary alicyclic amines) is 1. The molecule has 64 valence electrons. The van der Waals surface area contributed by atoms with Gasteiger partial charge in [0.1, 0.15) is 0 Å². The summed E-state index contributed by atoms with van der Waals surface area (Å²) >= 11 is 0. The predicted octanol–water partition coefficient (Wildman–Crippen LogP) is 1.12. The third-order valence-corrected chi connectivity index (χ3v) is 2.84. The van der Waals surface area contributed by atoms with Crippen molar-refractivity contribution in [3.63, 3.8) is 0 Å². The highest BCUT2D eigenvalue weighted by atomic mass is 16.5. The first-order valence-corrected chi connectivity index (χ1v) is 4.65. The van der Waals surface area contributed by atoms with E-state index in [9.17, 15) is 0 Å². The van der Waals surface area contributed by atoms with Crippen LogP contribution in [0.5, 0.6) is 0 Å². The molecule has 0 atom stereocenters. The number of rotatable bonds is 2. The fourth-order valence-electron chi connectivity index (χ4n) is 2.28. The molecule has 11 heavy (non-hydrogen) atoms. The summed E-state index contributed by atoms with van der Waals surface area (Å²) in [5.74, 6) is 0. The van der Waals surface area contributed by atoms with Gasteiger partial charge >= 0.3 is 0 Å². The van der Waals surface area contributed by atoms with Gasteiger partial charge in [-0.25, -0.2) is 0 Å². The molecule has 2 fully saturated rings. The summed E-state index contributed by atoms with van der Waals surface area (Å²) in [7, 11) is 0. The van der Waals surface area contributed by atoms with E-state index in [1.807, 2.05) is 0 Å². The van der Waals surface area contributed by atoms with Crippen LogP contribution in [0.1, 0.15) is 19.8 Å². The van der Waals surface area contributed by atoms with Crippen LogP contribution in [-0.2, 0) is 4.74 Å². The smallest absolute Gasteiger partial charge is 0.0547 e. The van der Waals surface area contributed by atoms with E-state index in [0.29, 0.717) is 5.41 Å². The second-order valence-corrected chi connectivity index (χ2v) is 4.01. The lowest BCUT2D eigenvalue weighted by atomic mass is 9.79. The van der Waals surface area contributed by atoms with E-state index < -0.39 is 0 Å². The van der Waals surface area contributed by atoms with Gasteiger partial charge < -0.3 is 9.64 Å². The van der Waals surface area contributed by atoms with Crippen LogP contribution >= 0.6 is 0 Å². The maximum absolute atomic E-state index is 5.40. The lowest BCUT2D eigenvalue weighted by molar-refractivity contribution is -0.00631. The highest BCUT2D eigenvalue weighted by Crippen LogP contribution is 2.37. The first-order valence-electron chi connectivity index (χ1n) is 4.65. The molecule has 2 aliphatic heterocycles. The molecule has 2 heterocycles. The average Bonchev–Trinajstić information content (AvgIpc) is 2.35. The van der Waals surface area contributed by atoms with Gasteiger partial charge in [0.05, 0.1) is 6.61 Å². The molecular formula is C9H17NO. The van der Waals surface area contributed by atoms with Gasteiger partial charge in [0.15, 0.2) is 0 Å². The third kappa shape index (κ3) is 1.30. The van der Waals surface area contributed by atoms with E-state index in [1.165, 1.54) is 32.5 Å². The van der Waals surface area contributed by atoms with Crippen molar-refractivity contribution in [1.82, 2.24) is 4.90 Å². The molecule has 2 rings (SSSR count). The summed E-state index contributed by atoms with van der Waals surface area (Å²) in [4.78, 5) is 2.54. The van der Waals surface area contributed by atoms with Gasteiger partial charge in [0, 0.05) is 25.1 Å². The van der Waals surface area contributed by atoms with Gasteiger partial charge in [0.25, 0.3) is 0 Å². The van der Waals surface area contributed by atoms with E-state index in [0.717, 1.165) is 13.2 Å². The molecule has 0 N–H and O–H groups in total. The van der Waals surface area contributed by atoms with E-state index in [2.05, 4.69) is 11.8 Å². The topological polar surface area (TPSA) is 12.5 Å². The van der Waals surface area contributed by atoms with Gasteiger partial charge in [-0.15, -0.1) is 0 Å². The Hall–Kier alpha value is -0.0800. The first kappa shape index (κ1) is 7.56. The monoisotopic (exact) mass is 155 g/mol. The van der Waals surface area contributed by atoms with Gasteiger partial charge in [-0.2, -0.15) is 0 Å². The zero-order chi connectivity index (χ0) is 7.73. The van der Waals surface area contributed by atoms with Crippen LogP contribution in [0.3, 0.4) is 0 Å². The Balaban J connectivity index is 1.77. The number of ether oxygens (including phenoxy) is 1. The second-order valence-electron chi connectivity index (χ2n) is 4.01. The van der Waals surface area contributed by atoms with Crippen LogP contribution < -0.4 is 0 Å². The molecule has 2 nitrogen and oxygen atoms in total. The van der Waals surface area contributed by atoms with Crippen molar-refractivity contribution in [2.24, 2.45) is 5.41 Å². The minimum Gasteiger partial charge on any atom is -0.381 e. The molecule has 0 unspecified atom stereocenters. The summed E-state index contributed by atoms with van der Waals surface area (Å²) in [5, 5.41) is 0. The van der Waals surface area contributed by atoms with Crippen molar-refractivity contribution >= 4 is 0 Å². The van der Waals surface area contributed by atoms with Crippen molar-refractivity contribution < 1.29 is 4.74 Å².